The average Bonchev–Trinajstić information content (AvgIpc) is 2.27. The third-order valence-corrected chi connectivity index (χ3v) is 4.63. The maximum Gasteiger partial charge on any atom is 0.0187 e. The molecule has 1 aromatic rings. The van der Waals surface area contributed by atoms with Gasteiger partial charge in [-0.2, -0.15) is 11.8 Å². The minimum absolute atomic E-state index is 0.448. The van der Waals surface area contributed by atoms with E-state index in [1.807, 2.05) is 0 Å². The summed E-state index contributed by atoms with van der Waals surface area (Å²) < 4.78 is 0. The van der Waals surface area contributed by atoms with E-state index in [2.05, 4.69) is 43.0 Å². The maximum absolute atomic E-state index is 6.00. The molecule has 0 radical (unpaired) electrons. The van der Waals surface area contributed by atoms with E-state index in [0.717, 1.165) is 11.0 Å². The first-order chi connectivity index (χ1) is 7.74. The maximum atomic E-state index is 6.00. The lowest BCUT2D eigenvalue weighted by Crippen LogP contribution is -2.29. The van der Waals surface area contributed by atoms with Crippen molar-refractivity contribution in [1.29, 1.82) is 0 Å². The Hall–Kier alpha value is -0.470. The minimum Gasteiger partial charge on any atom is -0.328 e. The zero-order chi connectivity index (χ0) is 11.4. The standard InChI is InChI=1S/C14H21NS/c1-11-4-2-5-12(8-11)10-16-14-7-3-6-13(15)9-14/h2,4-5,8,13-14H,3,6-7,9-10,15H2,1H3. The van der Waals surface area contributed by atoms with Crippen LogP contribution < -0.4 is 5.73 Å². The van der Waals surface area contributed by atoms with Crippen LogP contribution >= 0.6 is 11.8 Å². The van der Waals surface area contributed by atoms with Crippen LogP contribution in [0.15, 0.2) is 24.3 Å². The van der Waals surface area contributed by atoms with Gasteiger partial charge in [-0.3, -0.25) is 0 Å². The van der Waals surface area contributed by atoms with Crippen molar-refractivity contribution < 1.29 is 0 Å². The molecule has 0 aromatic heterocycles. The lowest BCUT2D eigenvalue weighted by atomic mass is 9.96. The highest BCUT2D eigenvalue weighted by Crippen LogP contribution is 2.30. The molecule has 1 aromatic carbocycles. The van der Waals surface area contributed by atoms with Crippen molar-refractivity contribution in [1.82, 2.24) is 0 Å². The molecule has 0 bridgehead atoms. The summed E-state index contributed by atoms with van der Waals surface area (Å²) in [6.45, 7) is 2.16. The Morgan fingerprint density at radius 3 is 3.00 bits per heavy atom. The van der Waals surface area contributed by atoms with Crippen LogP contribution in [0.3, 0.4) is 0 Å². The number of hydrogen-bond donors (Lipinski definition) is 1. The fraction of sp³-hybridized carbons (Fsp3) is 0.571. The van der Waals surface area contributed by atoms with Crippen LogP contribution in [-0.2, 0) is 5.75 Å². The van der Waals surface area contributed by atoms with Gasteiger partial charge in [0.2, 0.25) is 0 Å². The van der Waals surface area contributed by atoms with Crippen LogP contribution in [0.4, 0.5) is 0 Å². The lowest BCUT2D eigenvalue weighted by Gasteiger charge is -2.26. The van der Waals surface area contributed by atoms with Gasteiger partial charge in [0.1, 0.15) is 0 Å². The molecule has 0 spiro atoms. The number of nitrogens with two attached hydrogens (primary N) is 1. The number of rotatable bonds is 3. The molecule has 0 aliphatic heterocycles. The molecular formula is C14H21NS. The third kappa shape index (κ3) is 3.53. The second-order valence-electron chi connectivity index (χ2n) is 4.85. The van der Waals surface area contributed by atoms with E-state index in [1.165, 1.54) is 36.8 Å². The smallest absolute Gasteiger partial charge is 0.0187 e. The van der Waals surface area contributed by atoms with Crippen LogP contribution in [0.5, 0.6) is 0 Å². The van der Waals surface area contributed by atoms with Gasteiger partial charge in [-0.25, -0.2) is 0 Å². The number of thioether (sulfide) groups is 1. The highest BCUT2D eigenvalue weighted by atomic mass is 32.2. The van der Waals surface area contributed by atoms with Gasteiger partial charge in [-0.15, -0.1) is 0 Å². The second-order valence-corrected chi connectivity index (χ2v) is 6.14. The van der Waals surface area contributed by atoms with Crippen LogP contribution in [0.25, 0.3) is 0 Å². The van der Waals surface area contributed by atoms with Crippen LogP contribution in [0, 0.1) is 6.92 Å². The molecule has 16 heavy (non-hydrogen) atoms. The number of hydrogen-bond acceptors (Lipinski definition) is 2. The summed E-state index contributed by atoms with van der Waals surface area (Å²) in [5, 5.41) is 0.782. The van der Waals surface area contributed by atoms with Crippen molar-refractivity contribution in [2.75, 3.05) is 0 Å². The first-order valence-corrected chi connectivity index (χ1v) is 7.21. The fourth-order valence-corrected chi connectivity index (χ4v) is 3.67. The Kier molecular flexibility index (Phi) is 4.30. The predicted molar refractivity (Wildman–Crippen MR) is 72.7 cm³/mol. The fourth-order valence-electron chi connectivity index (χ4n) is 2.35. The van der Waals surface area contributed by atoms with Gasteiger partial charge < -0.3 is 5.73 Å². The highest BCUT2D eigenvalue weighted by Gasteiger charge is 2.19. The number of benzene rings is 1. The molecule has 2 heteroatoms. The Labute approximate surface area is 103 Å². The molecule has 1 nitrogen and oxygen atoms in total. The number of aryl methyl sites for hydroxylation is 1. The molecule has 0 saturated heterocycles. The first kappa shape index (κ1) is 12.0. The third-order valence-electron chi connectivity index (χ3n) is 3.23. The van der Waals surface area contributed by atoms with E-state index < -0.39 is 0 Å². The van der Waals surface area contributed by atoms with Gasteiger partial charge in [0.05, 0.1) is 0 Å². The molecule has 1 fully saturated rings. The summed E-state index contributed by atoms with van der Waals surface area (Å²) in [5.41, 5.74) is 8.81. The summed E-state index contributed by atoms with van der Waals surface area (Å²) in [6.07, 6.45) is 5.09. The van der Waals surface area contributed by atoms with E-state index in [9.17, 15) is 0 Å². The largest absolute Gasteiger partial charge is 0.328 e. The molecule has 2 rings (SSSR count). The summed E-state index contributed by atoms with van der Waals surface area (Å²) >= 11 is 2.08. The molecule has 1 aliphatic carbocycles. The Morgan fingerprint density at radius 1 is 1.38 bits per heavy atom. The van der Waals surface area contributed by atoms with E-state index in [1.54, 1.807) is 0 Å². The monoisotopic (exact) mass is 235 g/mol. The summed E-state index contributed by atoms with van der Waals surface area (Å²) in [6, 6.07) is 9.27. The topological polar surface area (TPSA) is 26.0 Å². The first-order valence-electron chi connectivity index (χ1n) is 6.17. The normalized spacial score (nSPS) is 25.6. The zero-order valence-electron chi connectivity index (χ0n) is 9.99. The molecule has 2 N–H and O–H groups in total. The van der Waals surface area contributed by atoms with Crippen molar-refractivity contribution >= 4 is 11.8 Å². The van der Waals surface area contributed by atoms with Gasteiger partial charge in [0.15, 0.2) is 0 Å². The van der Waals surface area contributed by atoms with Crippen LogP contribution in [0.1, 0.15) is 36.8 Å². The second kappa shape index (κ2) is 5.74. The average molecular weight is 235 g/mol. The SMILES string of the molecule is Cc1cccc(CSC2CCCC(N)C2)c1. The summed E-state index contributed by atoms with van der Waals surface area (Å²) in [7, 11) is 0. The minimum atomic E-state index is 0.448. The summed E-state index contributed by atoms with van der Waals surface area (Å²) in [4.78, 5) is 0. The Morgan fingerprint density at radius 2 is 2.25 bits per heavy atom. The van der Waals surface area contributed by atoms with Gasteiger partial charge in [0, 0.05) is 17.0 Å². The molecule has 2 atom stereocenters. The van der Waals surface area contributed by atoms with E-state index in [4.69, 9.17) is 5.73 Å². The van der Waals surface area contributed by atoms with Gasteiger partial charge in [-0.05, 0) is 31.7 Å². The molecule has 1 aliphatic rings. The molecular weight excluding hydrogens is 214 g/mol. The quantitative estimate of drug-likeness (QED) is 0.868. The zero-order valence-corrected chi connectivity index (χ0v) is 10.8. The molecule has 0 heterocycles. The van der Waals surface area contributed by atoms with Crippen LogP contribution in [0.2, 0.25) is 0 Å². The molecule has 2 unspecified atom stereocenters. The van der Waals surface area contributed by atoms with Crippen molar-refractivity contribution in [3.8, 4) is 0 Å². The van der Waals surface area contributed by atoms with Crippen molar-refractivity contribution in [2.45, 2.75) is 49.7 Å². The van der Waals surface area contributed by atoms with Crippen molar-refractivity contribution in [3.63, 3.8) is 0 Å². The molecule has 0 amide bonds. The van der Waals surface area contributed by atoms with Crippen molar-refractivity contribution in [2.24, 2.45) is 5.73 Å². The van der Waals surface area contributed by atoms with Gasteiger partial charge in [-0.1, -0.05) is 36.2 Å². The van der Waals surface area contributed by atoms with E-state index in [0.29, 0.717) is 6.04 Å². The van der Waals surface area contributed by atoms with Crippen molar-refractivity contribution in [3.05, 3.63) is 35.4 Å². The van der Waals surface area contributed by atoms with E-state index in [-0.39, 0.29) is 0 Å². The highest BCUT2D eigenvalue weighted by molar-refractivity contribution is 7.99. The Bertz CT molecular complexity index is 337. The summed E-state index contributed by atoms with van der Waals surface area (Å²) in [5.74, 6) is 1.14. The predicted octanol–water partition coefficient (Wildman–Crippen LogP) is 3.50. The van der Waals surface area contributed by atoms with E-state index >= 15 is 0 Å². The Balaban J connectivity index is 1.82. The van der Waals surface area contributed by atoms with Gasteiger partial charge in [0.25, 0.3) is 0 Å². The molecule has 88 valence electrons. The van der Waals surface area contributed by atoms with Gasteiger partial charge >= 0.3 is 0 Å². The molecule has 1 saturated carbocycles. The lowest BCUT2D eigenvalue weighted by molar-refractivity contribution is 0.451. The van der Waals surface area contributed by atoms with Crippen LogP contribution in [-0.4, -0.2) is 11.3 Å².